The van der Waals surface area contributed by atoms with E-state index in [2.05, 4.69) is 0 Å². The maximum atomic E-state index is 11.7. The number of rotatable bonds is 2. The summed E-state index contributed by atoms with van der Waals surface area (Å²) in [5, 5.41) is 0. The molecule has 4 heteroatoms. The molecule has 84 valence electrons. The van der Waals surface area contributed by atoms with Crippen LogP contribution in [0.5, 0.6) is 0 Å². The second-order valence-corrected chi connectivity index (χ2v) is 4.33. The average Bonchev–Trinajstić information content (AvgIpc) is 3.11. The van der Waals surface area contributed by atoms with Gasteiger partial charge in [-0.3, -0.25) is 9.59 Å². The first-order valence-electron chi connectivity index (χ1n) is 5.79. The normalized spacial score (nSPS) is 21.7. The molecule has 0 spiro atoms. The highest BCUT2D eigenvalue weighted by atomic mass is 16.2. The molecule has 0 bridgehead atoms. The molecule has 0 unspecified atom stereocenters. The van der Waals surface area contributed by atoms with Crippen molar-refractivity contribution in [3.8, 4) is 0 Å². The van der Waals surface area contributed by atoms with Gasteiger partial charge >= 0.3 is 0 Å². The summed E-state index contributed by atoms with van der Waals surface area (Å²) in [4.78, 5) is 26.9. The fourth-order valence-corrected chi connectivity index (χ4v) is 1.99. The Morgan fingerprint density at radius 1 is 1.07 bits per heavy atom. The molecular formula is C11H18N2O2. The second-order valence-electron chi connectivity index (χ2n) is 4.33. The van der Waals surface area contributed by atoms with E-state index in [4.69, 9.17) is 0 Å². The molecule has 1 saturated carbocycles. The number of nitrogens with zero attached hydrogens (tertiary/aromatic N) is 2. The summed E-state index contributed by atoms with van der Waals surface area (Å²) in [6.07, 6.45) is 2.69. The summed E-state index contributed by atoms with van der Waals surface area (Å²) in [5.41, 5.74) is 0. The highest BCUT2D eigenvalue weighted by Crippen LogP contribution is 2.31. The summed E-state index contributed by atoms with van der Waals surface area (Å²) in [5.74, 6) is 0.811. The predicted octanol–water partition coefficient (Wildman–Crippen LogP) is 0.477. The number of hydrogen-bond donors (Lipinski definition) is 0. The first kappa shape index (κ1) is 10.5. The number of carbonyl (C=O) groups is 2. The minimum atomic E-state index is 0.202. The largest absolute Gasteiger partial charge is 0.339 e. The summed E-state index contributed by atoms with van der Waals surface area (Å²) in [6, 6.07) is 0. The third-order valence-electron chi connectivity index (χ3n) is 3.17. The maximum Gasteiger partial charge on any atom is 0.225 e. The fourth-order valence-electron chi connectivity index (χ4n) is 1.99. The molecule has 2 amide bonds. The van der Waals surface area contributed by atoms with Crippen LogP contribution in [-0.4, -0.2) is 47.8 Å². The highest BCUT2D eigenvalue weighted by Gasteiger charge is 2.34. The number of amides is 2. The summed E-state index contributed by atoms with van der Waals surface area (Å²) in [6.45, 7) is 4.75. The molecule has 15 heavy (non-hydrogen) atoms. The molecule has 0 aromatic rings. The van der Waals surface area contributed by atoms with Gasteiger partial charge in [-0.15, -0.1) is 0 Å². The van der Waals surface area contributed by atoms with Crippen molar-refractivity contribution in [3.63, 3.8) is 0 Å². The van der Waals surface area contributed by atoms with Crippen LogP contribution in [0.3, 0.4) is 0 Å². The van der Waals surface area contributed by atoms with Crippen LogP contribution < -0.4 is 0 Å². The Balaban J connectivity index is 1.81. The topological polar surface area (TPSA) is 40.6 Å². The number of hydrogen-bond acceptors (Lipinski definition) is 2. The molecule has 2 aliphatic rings. The molecule has 2 rings (SSSR count). The van der Waals surface area contributed by atoms with Gasteiger partial charge in [-0.1, -0.05) is 6.92 Å². The Kier molecular flexibility index (Phi) is 2.93. The van der Waals surface area contributed by atoms with Crippen molar-refractivity contribution < 1.29 is 9.59 Å². The van der Waals surface area contributed by atoms with Crippen molar-refractivity contribution in [3.05, 3.63) is 0 Å². The molecule has 1 aliphatic heterocycles. The van der Waals surface area contributed by atoms with E-state index in [1.165, 1.54) is 0 Å². The molecule has 1 aliphatic carbocycles. The molecule has 1 heterocycles. The van der Waals surface area contributed by atoms with Crippen LogP contribution in [0.1, 0.15) is 26.2 Å². The molecule has 0 atom stereocenters. The van der Waals surface area contributed by atoms with Crippen LogP contribution in [0.4, 0.5) is 0 Å². The van der Waals surface area contributed by atoms with Gasteiger partial charge in [-0.05, 0) is 12.8 Å². The van der Waals surface area contributed by atoms with Crippen LogP contribution in [-0.2, 0) is 9.59 Å². The van der Waals surface area contributed by atoms with E-state index in [9.17, 15) is 9.59 Å². The lowest BCUT2D eigenvalue weighted by molar-refractivity contribution is -0.140. The maximum absolute atomic E-state index is 11.7. The van der Waals surface area contributed by atoms with Crippen LogP contribution in [0.15, 0.2) is 0 Å². The third kappa shape index (κ3) is 2.30. The van der Waals surface area contributed by atoms with E-state index in [0.29, 0.717) is 31.3 Å². The monoisotopic (exact) mass is 210 g/mol. The van der Waals surface area contributed by atoms with Crippen molar-refractivity contribution in [1.29, 1.82) is 0 Å². The van der Waals surface area contributed by atoms with Gasteiger partial charge in [0.2, 0.25) is 11.8 Å². The molecule has 0 aromatic heterocycles. The van der Waals surface area contributed by atoms with Crippen molar-refractivity contribution >= 4 is 11.8 Å². The Hall–Kier alpha value is -1.06. The minimum Gasteiger partial charge on any atom is -0.339 e. The van der Waals surface area contributed by atoms with Crippen molar-refractivity contribution in [2.75, 3.05) is 26.2 Å². The fraction of sp³-hybridized carbons (Fsp3) is 0.818. The van der Waals surface area contributed by atoms with Crippen LogP contribution >= 0.6 is 0 Å². The van der Waals surface area contributed by atoms with Gasteiger partial charge in [0.25, 0.3) is 0 Å². The zero-order valence-electron chi connectivity index (χ0n) is 9.24. The summed E-state index contributed by atoms with van der Waals surface area (Å²) >= 11 is 0. The predicted molar refractivity (Wildman–Crippen MR) is 56.2 cm³/mol. The Morgan fingerprint density at radius 3 is 2.07 bits per heavy atom. The van der Waals surface area contributed by atoms with E-state index in [-0.39, 0.29) is 5.91 Å². The van der Waals surface area contributed by atoms with Crippen LogP contribution in [0.25, 0.3) is 0 Å². The Morgan fingerprint density at radius 2 is 1.60 bits per heavy atom. The highest BCUT2D eigenvalue weighted by molar-refractivity contribution is 5.81. The van der Waals surface area contributed by atoms with Crippen molar-refractivity contribution in [2.24, 2.45) is 5.92 Å². The second kappa shape index (κ2) is 4.21. The molecule has 1 saturated heterocycles. The van der Waals surface area contributed by atoms with Gasteiger partial charge in [0, 0.05) is 38.5 Å². The van der Waals surface area contributed by atoms with E-state index >= 15 is 0 Å². The van der Waals surface area contributed by atoms with Crippen molar-refractivity contribution in [1.82, 2.24) is 9.80 Å². The molecule has 2 fully saturated rings. The van der Waals surface area contributed by atoms with Gasteiger partial charge in [-0.25, -0.2) is 0 Å². The molecule has 0 aromatic carbocycles. The quantitative estimate of drug-likeness (QED) is 0.665. The summed E-state index contributed by atoms with van der Waals surface area (Å²) < 4.78 is 0. The third-order valence-corrected chi connectivity index (χ3v) is 3.17. The van der Waals surface area contributed by atoms with E-state index < -0.39 is 0 Å². The standard InChI is InChI=1S/C11H18N2O2/c1-2-10(14)12-5-7-13(8-6-12)11(15)9-3-4-9/h9H,2-8H2,1H3. The smallest absolute Gasteiger partial charge is 0.225 e. The van der Waals surface area contributed by atoms with E-state index in [1.807, 2.05) is 16.7 Å². The Labute approximate surface area is 90.2 Å². The van der Waals surface area contributed by atoms with Crippen LogP contribution in [0, 0.1) is 5.92 Å². The minimum absolute atomic E-state index is 0.202. The van der Waals surface area contributed by atoms with Gasteiger partial charge in [0.1, 0.15) is 0 Å². The molecule has 0 radical (unpaired) electrons. The zero-order valence-corrected chi connectivity index (χ0v) is 9.24. The lowest BCUT2D eigenvalue weighted by atomic mass is 10.2. The SMILES string of the molecule is CCC(=O)N1CCN(C(=O)C2CC2)CC1. The van der Waals surface area contributed by atoms with Gasteiger partial charge < -0.3 is 9.80 Å². The van der Waals surface area contributed by atoms with Gasteiger partial charge in [-0.2, -0.15) is 0 Å². The molecule has 4 nitrogen and oxygen atoms in total. The van der Waals surface area contributed by atoms with E-state index in [0.717, 1.165) is 25.9 Å². The van der Waals surface area contributed by atoms with Crippen molar-refractivity contribution in [2.45, 2.75) is 26.2 Å². The first-order valence-corrected chi connectivity index (χ1v) is 5.79. The molecule has 0 N–H and O–H groups in total. The Bertz CT molecular complexity index is 266. The first-order chi connectivity index (χ1) is 7.22. The number of piperazine rings is 1. The summed E-state index contributed by atoms with van der Waals surface area (Å²) in [7, 11) is 0. The number of carbonyl (C=O) groups excluding carboxylic acids is 2. The van der Waals surface area contributed by atoms with Gasteiger partial charge in [0.05, 0.1) is 0 Å². The molecular weight excluding hydrogens is 192 g/mol. The van der Waals surface area contributed by atoms with Crippen LogP contribution in [0.2, 0.25) is 0 Å². The zero-order chi connectivity index (χ0) is 10.8. The van der Waals surface area contributed by atoms with E-state index in [1.54, 1.807) is 0 Å². The van der Waals surface area contributed by atoms with Gasteiger partial charge in [0.15, 0.2) is 0 Å². The lowest BCUT2D eigenvalue weighted by Gasteiger charge is -2.34. The lowest BCUT2D eigenvalue weighted by Crippen LogP contribution is -2.50. The average molecular weight is 210 g/mol.